The van der Waals surface area contributed by atoms with Gasteiger partial charge in [-0.2, -0.15) is 0 Å². The molecule has 3 nitrogen and oxygen atoms in total. The molecule has 0 saturated carbocycles. The van der Waals surface area contributed by atoms with Gasteiger partial charge in [0.05, 0.1) is 5.56 Å². The molecule has 0 saturated heterocycles. The number of aryl methyl sites for hydroxylation is 1. The van der Waals surface area contributed by atoms with Gasteiger partial charge in [0.25, 0.3) is 0 Å². The highest BCUT2D eigenvalue weighted by Crippen LogP contribution is 2.15. The average molecular weight is 298 g/mol. The van der Waals surface area contributed by atoms with Crippen LogP contribution in [0.1, 0.15) is 47.7 Å². The number of benzene rings is 2. The Morgan fingerprint density at radius 1 is 0.955 bits per heavy atom. The van der Waals surface area contributed by atoms with Gasteiger partial charge in [0.2, 0.25) is 0 Å². The quantitative estimate of drug-likeness (QED) is 0.719. The van der Waals surface area contributed by atoms with Crippen molar-refractivity contribution in [1.82, 2.24) is 0 Å². The Kier molecular flexibility index (Phi) is 6.01. The number of carbonyl (C=O) groups is 1. The minimum Gasteiger partial charge on any atom is -0.489 e. The van der Waals surface area contributed by atoms with E-state index in [1.807, 2.05) is 0 Å². The van der Waals surface area contributed by atoms with Gasteiger partial charge in [0.1, 0.15) is 12.4 Å². The summed E-state index contributed by atoms with van der Waals surface area (Å²) in [7, 11) is 0. The Hall–Kier alpha value is -2.29. The van der Waals surface area contributed by atoms with E-state index in [0.717, 1.165) is 12.0 Å². The minimum absolute atomic E-state index is 0.267. The van der Waals surface area contributed by atoms with Crippen molar-refractivity contribution in [3.05, 3.63) is 65.2 Å². The summed E-state index contributed by atoms with van der Waals surface area (Å²) < 4.78 is 5.67. The van der Waals surface area contributed by atoms with Crippen LogP contribution in [0.2, 0.25) is 0 Å². The number of carboxylic acid groups (broad SMARTS) is 1. The Morgan fingerprint density at radius 3 is 2.18 bits per heavy atom. The zero-order chi connectivity index (χ0) is 15.8. The van der Waals surface area contributed by atoms with E-state index in [2.05, 4.69) is 31.2 Å². The summed E-state index contributed by atoms with van der Waals surface area (Å²) in [5.41, 5.74) is 2.74. The van der Waals surface area contributed by atoms with Gasteiger partial charge in [-0.1, -0.05) is 44.0 Å². The molecule has 22 heavy (non-hydrogen) atoms. The lowest BCUT2D eigenvalue weighted by atomic mass is 10.1. The molecule has 0 aromatic heterocycles. The maximum Gasteiger partial charge on any atom is 0.335 e. The third-order valence-electron chi connectivity index (χ3n) is 3.60. The van der Waals surface area contributed by atoms with Crippen LogP contribution in [0.25, 0.3) is 0 Å². The molecule has 1 N–H and O–H groups in total. The summed E-state index contributed by atoms with van der Waals surface area (Å²) in [6.07, 6.45) is 4.89. The van der Waals surface area contributed by atoms with Crippen molar-refractivity contribution in [3.63, 3.8) is 0 Å². The van der Waals surface area contributed by atoms with Gasteiger partial charge in [0.15, 0.2) is 0 Å². The summed E-state index contributed by atoms with van der Waals surface area (Å²) in [5.74, 6) is -0.248. The van der Waals surface area contributed by atoms with Gasteiger partial charge in [-0.25, -0.2) is 4.79 Å². The first-order chi connectivity index (χ1) is 10.7. The maximum atomic E-state index is 10.8. The first kappa shape index (κ1) is 16.1. The van der Waals surface area contributed by atoms with Gasteiger partial charge in [-0.15, -0.1) is 0 Å². The first-order valence-corrected chi connectivity index (χ1v) is 7.73. The number of carboxylic acids is 1. The summed E-state index contributed by atoms with van der Waals surface area (Å²) in [6, 6.07) is 15.0. The predicted molar refractivity (Wildman–Crippen MR) is 87.4 cm³/mol. The highest BCUT2D eigenvalue weighted by Gasteiger charge is 2.02. The van der Waals surface area contributed by atoms with E-state index < -0.39 is 5.97 Å². The van der Waals surface area contributed by atoms with Crippen LogP contribution in [0.3, 0.4) is 0 Å². The van der Waals surface area contributed by atoms with Crippen molar-refractivity contribution in [2.45, 2.75) is 39.2 Å². The molecule has 0 fully saturated rings. The molecule has 0 atom stereocenters. The smallest absolute Gasteiger partial charge is 0.335 e. The third kappa shape index (κ3) is 4.92. The molecule has 0 heterocycles. The lowest BCUT2D eigenvalue weighted by Gasteiger charge is -2.07. The fourth-order valence-electron chi connectivity index (χ4n) is 2.24. The van der Waals surface area contributed by atoms with Crippen LogP contribution in [-0.2, 0) is 13.0 Å². The second kappa shape index (κ2) is 8.23. The summed E-state index contributed by atoms with van der Waals surface area (Å²) in [5, 5.41) is 8.85. The summed E-state index contributed by atoms with van der Waals surface area (Å²) in [4.78, 5) is 10.8. The summed E-state index contributed by atoms with van der Waals surface area (Å²) in [6.45, 7) is 2.70. The van der Waals surface area contributed by atoms with Crippen LogP contribution in [0.5, 0.6) is 5.75 Å². The topological polar surface area (TPSA) is 46.5 Å². The zero-order valence-electron chi connectivity index (χ0n) is 12.9. The molecular formula is C19H22O3. The highest BCUT2D eigenvalue weighted by atomic mass is 16.5. The van der Waals surface area contributed by atoms with E-state index >= 15 is 0 Å². The van der Waals surface area contributed by atoms with Crippen LogP contribution < -0.4 is 4.74 Å². The van der Waals surface area contributed by atoms with E-state index in [1.54, 1.807) is 24.3 Å². The number of unbranched alkanes of at least 4 members (excludes halogenated alkanes) is 2. The zero-order valence-corrected chi connectivity index (χ0v) is 12.9. The number of hydrogen-bond acceptors (Lipinski definition) is 2. The number of hydrogen-bond donors (Lipinski definition) is 1. The molecule has 3 heteroatoms. The number of rotatable bonds is 8. The van der Waals surface area contributed by atoms with Gasteiger partial charge in [-0.3, -0.25) is 0 Å². The van der Waals surface area contributed by atoms with Crippen molar-refractivity contribution < 1.29 is 14.6 Å². The van der Waals surface area contributed by atoms with E-state index in [-0.39, 0.29) is 5.56 Å². The van der Waals surface area contributed by atoms with Gasteiger partial charge in [-0.05, 0) is 48.2 Å². The van der Waals surface area contributed by atoms with E-state index in [9.17, 15) is 4.79 Å². The SMILES string of the molecule is CCCCCc1ccc(COc2ccc(C(=O)O)cc2)cc1. The van der Waals surface area contributed by atoms with Crippen LogP contribution in [0.4, 0.5) is 0 Å². The van der Waals surface area contributed by atoms with Gasteiger partial charge in [0, 0.05) is 0 Å². The molecule has 0 aliphatic rings. The molecule has 0 unspecified atom stereocenters. The highest BCUT2D eigenvalue weighted by molar-refractivity contribution is 5.87. The number of ether oxygens (including phenoxy) is 1. The Bertz CT molecular complexity index is 585. The van der Waals surface area contributed by atoms with Crippen molar-refractivity contribution in [3.8, 4) is 5.75 Å². The van der Waals surface area contributed by atoms with Crippen LogP contribution in [0.15, 0.2) is 48.5 Å². The van der Waals surface area contributed by atoms with Crippen LogP contribution >= 0.6 is 0 Å². The molecule has 2 aromatic carbocycles. The molecule has 0 aliphatic carbocycles. The molecular weight excluding hydrogens is 276 g/mol. The number of aromatic carboxylic acids is 1. The molecule has 0 spiro atoms. The molecule has 0 aliphatic heterocycles. The fourth-order valence-corrected chi connectivity index (χ4v) is 2.24. The molecule has 0 amide bonds. The van der Waals surface area contributed by atoms with Crippen molar-refractivity contribution >= 4 is 5.97 Å². The van der Waals surface area contributed by atoms with Crippen molar-refractivity contribution in [1.29, 1.82) is 0 Å². The van der Waals surface area contributed by atoms with Crippen molar-refractivity contribution in [2.24, 2.45) is 0 Å². The van der Waals surface area contributed by atoms with Crippen molar-refractivity contribution in [2.75, 3.05) is 0 Å². The minimum atomic E-state index is -0.926. The van der Waals surface area contributed by atoms with Crippen LogP contribution in [0, 0.1) is 0 Å². The standard InChI is InChI=1S/C19H22O3/c1-2-3-4-5-15-6-8-16(9-7-15)14-22-18-12-10-17(11-13-18)19(20)21/h6-13H,2-5,14H2,1H3,(H,20,21). The van der Waals surface area contributed by atoms with Gasteiger partial charge < -0.3 is 9.84 Å². The van der Waals surface area contributed by atoms with E-state index in [4.69, 9.17) is 9.84 Å². The molecule has 116 valence electrons. The molecule has 0 bridgehead atoms. The Labute approximate surface area is 131 Å². The lowest BCUT2D eigenvalue weighted by Crippen LogP contribution is -1.98. The van der Waals surface area contributed by atoms with Crippen LogP contribution in [-0.4, -0.2) is 11.1 Å². The predicted octanol–water partition coefficient (Wildman–Crippen LogP) is 4.70. The molecule has 0 radical (unpaired) electrons. The Balaban J connectivity index is 1.84. The third-order valence-corrected chi connectivity index (χ3v) is 3.60. The monoisotopic (exact) mass is 298 g/mol. The van der Waals surface area contributed by atoms with E-state index in [1.165, 1.54) is 24.8 Å². The largest absolute Gasteiger partial charge is 0.489 e. The first-order valence-electron chi connectivity index (χ1n) is 7.73. The Morgan fingerprint density at radius 2 is 1.59 bits per heavy atom. The normalized spacial score (nSPS) is 10.4. The second-order valence-electron chi connectivity index (χ2n) is 5.39. The maximum absolute atomic E-state index is 10.8. The average Bonchev–Trinajstić information content (AvgIpc) is 2.55. The van der Waals surface area contributed by atoms with Gasteiger partial charge >= 0.3 is 5.97 Å². The second-order valence-corrected chi connectivity index (χ2v) is 5.39. The fraction of sp³-hybridized carbons (Fsp3) is 0.316. The molecule has 2 rings (SSSR count). The lowest BCUT2D eigenvalue weighted by molar-refractivity contribution is 0.0697. The molecule has 2 aromatic rings. The summed E-state index contributed by atoms with van der Waals surface area (Å²) >= 11 is 0. The van der Waals surface area contributed by atoms with E-state index in [0.29, 0.717) is 12.4 Å².